The Morgan fingerprint density at radius 3 is 1.82 bits per heavy atom. The molecule has 0 aliphatic carbocycles. The Kier molecular flexibility index (Phi) is 7.90. The highest BCUT2D eigenvalue weighted by Crippen LogP contribution is 2.47. The molecule has 5 nitrogen and oxygen atoms in total. The van der Waals surface area contributed by atoms with E-state index in [9.17, 15) is 9.90 Å². The molecule has 1 fully saturated rings. The fourth-order valence-corrected chi connectivity index (χ4v) is 6.19. The summed E-state index contributed by atoms with van der Waals surface area (Å²) in [6.45, 7) is 25.9. The van der Waals surface area contributed by atoms with E-state index in [1.165, 1.54) is 0 Å². The maximum atomic E-state index is 14.0. The molecule has 1 N–H and O–H groups in total. The van der Waals surface area contributed by atoms with E-state index in [0.717, 1.165) is 5.56 Å². The predicted molar refractivity (Wildman–Crippen MR) is 141 cm³/mol. The number of carbonyl (C=O) groups excluding carboxylic acids is 1. The van der Waals surface area contributed by atoms with Gasteiger partial charge in [0.15, 0.2) is 28.5 Å². The van der Waals surface area contributed by atoms with E-state index < -0.39 is 34.6 Å². The maximum absolute atomic E-state index is 14.0. The molecular weight excluding hydrogens is 446 g/mol. The Morgan fingerprint density at radius 2 is 1.39 bits per heavy atom. The zero-order valence-electron chi connectivity index (χ0n) is 22.9. The van der Waals surface area contributed by atoms with E-state index in [-0.39, 0.29) is 21.9 Å². The highest BCUT2D eigenvalue weighted by atomic mass is 28.4. The number of likely N-dealkylation sites (tertiary alicyclic amines) is 1. The fourth-order valence-electron chi connectivity index (χ4n) is 3.70. The van der Waals surface area contributed by atoms with Gasteiger partial charge in [0.2, 0.25) is 0 Å². The molecule has 1 saturated heterocycles. The van der Waals surface area contributed by atoms with Gasteiger partial charge in [-0.15, -0.1) is 0 Å². The van der Waals surface area contributed by atoms with Crippen LogP contribution < -0.4 is 0 Å². The predicted octanol–water partition coefficient (Wildman–Crippen LogP) is 6.15. The highest BCUT2D eigenvalue weighted by Gasteiger charge is 2.64. The van der Waals surface area contributed by atoms with Crippen molar-refractivity contribution in [3.8, 4) is 0 Å². The second-order valence-electron chi connectivity index (χ2n) is 12.9. The lowest BCUT2D eigenvalue weighted by Crippen LogP contribution is -2.60. The number of benzene rings is 1. The Bertz CT molecular complexity index is 827. The summed E-state index contributed by atoms with van der Waals surface area (Å²) in [6, 6.07) is 9.84. The number of nitrogens with zero attached hydrogens (tertiary/aromatic N) is 1. The molecule has 1 heterocycles. The number of aliphatic hydroxyl groups is 1. The third kappa shape index (κ3) is 5.48. The van der Waals surface area contributed by atoms with Crippen molar-refractivity contribution in [2.45, 2.75) is 116 Å². The van der Waals surface area contributed by atoms with Gasteiger partial charge in [-0.3, -0.25) is 4.79 Å². The van der Waals surface area contributed by atoms with E-state index in [0.29, 0.717) is 6.54 Å². The highest BCUT2D eigenvalue weighted by molar-refractivity contribution is 6.74. The summed E-state index contributed by atoms with van der Waals surface area (Å²) < 4.78 is 13.6. The van der Waals surface area contributed by atoms with Gasteiger partial charge in [-0.05, 0) is 41.8 Å². The summed E-state index contributed by atoms with van der Waals surface area (Å²) in [7, 11) is -4.64. The molecule has 188 valence electrons. The van der Waals surface area contributed by atoms with Crippen molar-refractivity contribution >= 4 is 22.5 Å². The standard InChI is InChI=1S/C26H47NO4Si2/c1-19(2)26(29)22(31-33(11,12)25(6,7)8)21(30-32(9,10)24(3,4)5)23(28)27(26)18-20-16-14-13-15-17-20/h13-17,19,21-22,29H,18H2,1-12H3/t21-,22-,26?/m1/s1. The zero-order chi connectivity index (χ0) is 25.6. The Morgan fingerprint density at radius 1 is 0.939 bits per heavy atom. The molecule has 7 heteroatoms. The molecule has 1 unspecified atom stereocenters. The Labute approximate surface area is 204 Å². The number of amides is 1. The van der Waals surface area contributed by atoms with Gasteiger partial charge in [-0.2, -0.15) is 0 Å². The second-order valence-corrected chi connectivity index (χ2v) is 22.5. The summed E-state index contributed by atoms with van der Waals surface area (Å²) in [4.78, 5) is 15.6. The largest absolute Gasteiger partial charge is 0.406 e. The van der Waals surface area contributed by atoms with Crippen LogP contribution in [0.3, 0.4) is 0 Å². The summed E-state index contributed by atoms with van der Waals surface area (Å²) in [5, 5.41) is 12.1. The zero-order valence-corrected chi connectivity index (χ0v) is 24.9. The van der Waals surface area contributed by atoms with Crippen molar-refractivity contribution in [2.24, 2.45) is 5.92 Å². The normalized spacial score (nSPS) is 25.3. The van der Waals surface area contributed by atoms with Gasteiger partial charge in [0.25, 0.3) is 5.91 Å². The first-order chi connectivity index (χ1) is 14.8. The molecule has 1 aliphatic rings. The summed E-state index contributed by atoms with van der Waals surface area (Å²) in [5.74, 6) is -0.406. The number of hydrogen-bond donors (Lipinski definition) is 1. The minimum atomic E-state index is -2.32. The molecule has 0 bridgehead atoms. The minimum Gasteiger partial charge on any atom is -0.406 e. The number of rotatable bonds is 7. The average molecular weight is 494 g/mol. The molecule has 1 amide bonds. The number of hydrogen-bond acceptors (Lipinski definition) is 4. The van der Waals surface area contributed by atoms with Crippen LogP contribution in [0.4, 0.5) is 0 Å². The van der Waals surface area contributed by atoms with Crippen LogP contribution in [0.25, 0.3) is 0 Å². The Hall–Kier alpha value is -0.996. The molecule has 1 aromatic rings. The van der Waals surface area contributed by atoms with Crippen LogP contribution in [0.2, 0.25) is 36.3 Å². The van der Waals surface area contributed by atoms with E-state index in [2.05, 4.69) is 67.7 Å². The molecular formula is C26H47NO4Si2. The summed E-state index contributed by atoms with van der Waals surface area (Å²) in [5.41, 5.74) is -0.487. The van der Waals surface area contributed by atoms with Gasteiger partial charge in [-0.1, -0.05) is 85.7 Å². The number of carbonyl (C=O) groups is 1. The molecule has 0 spiro atoms. The lowest BCUT2D eigenvalue weighted by Gasteiger charge is -2.47. The average Bonchev–Trinajstić information content (AvgIpc) is 2.83. The molecule has 33 heavy (non-hydrogen) atoms. The van der Waals surface area contributed by atoms with Crippen molar-refractivity contribution in [2.75, 3.05) is 0 Å². The Balaban J connectivity index is 2.62. The third-order valence-corrected chi connectivity index (χ3v) is 17.0. The van der Waals surface area contributed by atoms with Crippen molar-refractivity contribution in [3.63, 3.8) is 0 Å². The molecule has 0 saturated carbocycles. The van der Waals surface area contributed by atoms with Crippen LogP contribution >= 0.6 is 0 Å². The van der Waals surface area contributed by atoms with Gasteiger partial charge >= 0.3 is 0 Å². The van der Waals surface area contributed by atoms with Gasteiger partial charge < -0.3 is 18.9 Å². The van der Waals surface area contributed by atoms with Gasteiger partial charge in [0.05, 0.1) is 0 Å². The van der Waals surface area contributed by atoms with Crippen LogP contribution in [0.1, 0.15) is 61.0 Å². The van der Waals surface area contributed by atoms with Crippen LogP contribution in [-0.4, -0.2) is 50.5 Å². The lowest BCUT2D eigenvalue weighted by molar-refractivity contribution is -0.180. The van der Waals surface area contributed by atoms with E-state index in [4.69, 9.17) is 8.85 Å². The van der Waals surface area contributed by atoms with E-state index >= 15 is 0 Å². The van der Waals surface area contributed by atoms with Crippen molar-refractivity contribution < 1.29 is 18.8 Å². The van der Waals surface area contributed by atoms with Crippen LogP contribution in [0.15, 0.2) is 30.3 Å². The van der Waals surface area contributed by atoms with Gasteiger partial charge in [-0.25, -0.2) is 0 Å². The van der Waals surface area contributed by atoms with Crippen LogP contribution in [-0.2, 0) is 20.2 Å². The molecule has 1 aliphatic heterocycles. The SMILES string of the molecule is CC(C)C1(O)[C@H](O[Si](C)(C)C(C)(C)C)[C@@H](O[Si](C)(C)C(C)(C)C)C(=O)N1Cc1ccccc1. The van der Waals surface area contributed by atoms with Crippen LogP contribution in [0.5, 0.6) is 0 Å². The fraction of sp³-hybridized carbons (Fsp3) is 0.731. The van der Waals surface area contributed by atoms with E-state index in [1.54, 1.807) is 4.90 Å². The second kappa shape index (κ2) is 9.23. The summed E-state index contributed by atoms with van der Waals surface area (Å²) in [6.07, 6.45) is -1.57. The minimum absolute atomic E-state index is 0.0672. The van der Waals surface area contributed by atoms with Crippen LogP contribution in [0, 0.1) is 5.92 Å². The molecule has 0 radical (unpaired) electrons. The van der Waals surface area contributed by atoms with E-state index in [1.807, 2.05) is 44.2 Å². The van der Waals surface area contributed by atoms with Crippen molar-refractivity contribution in [1.29, 1.82) is 0 Å². The first kappa shape index (κ1) is 28.2. The summed E-state index contributed by atoms with van der Waals surface area (Å²) >= 11 is 0. The smallest absolute Gasteiger partial charge is 0.255 e. The quantitative estimate of drug-likeness (QED) is 0.463. The first-order valence-electron chi connectivity index (χ1n) is 12.2. The van der Waals surface area contributed by atoms with Crippen molar-refractivity contribution in [3.05, 3.63) is 35.9 Å². The molecule has 0 aromatic heterocycles. The van der Waals surface area contributed by atoms with Gasteiger partial charge in [0, 0.05) is 12.5 Å². The lowest BCUT2D eigenvalue weighted by atomic mass is 9.93. The van der Waals surface area contributed by atoms with Crippen molar-refractivity contribution in [1.82, 2.24) is 4.90 Å². The molecule has 1 aromatic carbocycles. The maximum Gasteiger partial charge on any atom is 0.255 e. The molecule has 2 rings (SSSR count). The topological polar surface area (TPSA) is 59.0 Å². The van der Waals surface area contributed by atoms with Gasteiger partial charge in [0.1, 0.15) is 6.10 Å². The molecule has 3 atom stereocenters. The first-order valence-corrected chi connectivity index (χ1v) is 18.0. The third-order valence-electron chi connectivity index (χ3n) is 8.12. The monoisotopic (exact) mass is 493 g/mol.